The Bertz CT molecular complexity index is 86.1. The Balaban J connectivity index is 0.000000223. The number of rotatable bonds is 4. The normalized spacial score (nSPS) is 16.8. The summed E-state index contributed by atoms with van der Waals surface area (Å²) in [6.45, 7) is 4.87. The molecule has 1 fully saturated rings. The third kappa shape index (κ3) is 10.4. The van der Waals surface area contributed by atoms with E-state index in [0.29, 0.717) is 0 Å². The van der Waals surface area contributed by atoms with Gasteiger partial charge in [-0.15, -0.1) is 0 Å². The van der Waals surface area contributed by atoms with Gasteiger partial charge >= 0.3 is 0 Å². The van der Waals surface area contributed by atoms with E-state index in [1.807, 2.05) is 0 Å². The maximum Gasteiger partial charge on any atom is 0.00313 e. The van der Waals surface area contributed by atoms with Gasteiger partial charge in [-0.3, -0.25) is 0 Å². The highest BCUT2D eigenvalue weighted by atomic mass is 79.9. The zero-order chi connectivity index (χ0) is 9.94. The maximum atomic E-state index is 3.38. The van der Waals surface area contributed by atoms with Gasteiger partial charge in [0, 0.05) is 5.33 Å². The van der Waals surface area contributed by atoms with Crippen LogP contribution in [-0.2, 0) is 0 Å². The molecule has 0 saturated carbocycles. The van der Waals surface area contributed by atoms with Gasteiger partial charge in [0.05, 0.1) is 0 Å². The van der Waals surface area contributed by atoms with Gasteiger partial charge in [0.1, 0.15) is 0 Å². The molecule has 1 aliphatic heterocycles. The fourth-order valence-electron chi connectivity index (χ4n) is 1.40. The van der Waals surface area contributed by atoms with Crippen molar-refractivity contribution in [3.63, 3.8) is 0 Å². The number of alkyl halides is 1. The number of unbranched alkanes of at least 4 members (excludes halogenated alkanes) is 3. The van der Waals surface area contributed by atoms with Crippen molar-refractivity contribution in [3.05, 3.63) is 0 Å². The summed E-state index contributed by atoms with van der Waals surface area (Å²) in [4.78, 5) is 2.36. The van der Waals surface area contributed by atoms with Gasteiger partial charge in [-0.1, -0.05) is 42.1 Å². The largest absolute Gasteiger partial charge is 0.306 e. The van der Waals surface area contributed by atoms with E-state index in [2.05, 4.69) is 34.8 Å². The lowest BCUT2D eigenvalue weighted by Crippen LogP contribution is -2.10. The summed E-state index contributed by atoms with van der Waals surface area (Å²) < 4.78 is 0. The van der Waals surface area contributed by atoms with E-state index >= 15 is 0 Å². The zero-order valence-corrected chi connectivity index (χ0v) is 10.8. The molecular weight excluding hydrogens is 226 g/mol. The van der Waals surface area contributed by atoms with Crippen LogP contribution in [0.1, 0.15) is 45.4 Å². The van der Waals surface area contributed by atoms with Crippen LogP contribution in [0.25, 0.3) is 0 Å². The molecule has 0 radical (unpaired) electrons. The fourth-order valence-corrected chi connectivity index (χ4v) is 1.79. The SMILES string of the molecule is CCCCCCBr.CN1CCCC1. The number of likely N-dealkylation sites (tertiary alicyclic amines) is 1. The van der Waals surface area contributed by atoms with Crippen molar-refractivity contribution in [2.24, 2.45) is 0 Å². The summed E-state index contributed by atoms with van der Waals surface area (Å²) in [6, 6.07) is 0. The number of hydrogen-bond donors (Lipinski definition) is 0. The smallest absolute Gasteiger partial charge is 0.00313 e. The Morgan fingerprint density at radius 1 is 1.08 bits per heavy atom. The standard InChI is InChI=1S/C6H13Br.C5H11N/c1-2-3-4-5-6-7;1-6-4-2-3-5-6/h2-6H2,1H3;2-5H2,1H3. The molecular formula is C11H24BrN. The molecule has 0 amide bonds. The Morgan fingerprint density at radius 2 is 1.69 bits per heavy atom. The summed E-state index contributed by atoms with van der Waals surface area (Å²) in [5.74, 6) is 0. The summed E-state index contributed by atoms with van der Waals surface area (Å²) in [5, 5.41) is 1.17. The number of nitrogens with zero attached hydrogens (tertiary/aromatic N) is 1. The van der Waals surface area contributed by atoms with E-state index < -0.39 is 0 Å². The second kappa shape index (κ2) is 10.5. The molecule has 80 valence electrons. The van der Waals surface area contributed by atoms with Crippen molar-refractivity contribution in [3.8, 4) is 0 Å². The topological polar surface area (TPSA) is 3.24 Å². The second-order valence-corrected chi connectivity index (χ2v) is 4.55. The molecule has 0 aromatic heterocycles. The fraction of sp³-hybridized carbons (Fsp3) is 1.00. The van der Waals surface area contributed by atoms with Crippen molar-refractivity contribution in [1.82, 2.24) is 4.90 Å². The Kier molecular flexibility index (Phi) is 10.9. The molecule has 0 spiro atoms. The van der Waals surface area contributed by atoms with Crippen molar-refractivity contribution in [1.29, 1.82) is 0 Å². The average Bonchev–Trinajstić information content (AvgIpc) is 2.58. The molecule has 1 heterocycles. The molecule has 2 heteroatoms. The van der Waals surface area contributed by atoms with Crippen LogP contribution >= 0.6 is 15.9 Å². The Morgan fingerprint density at radius 3 is 2.00 bits per heavy atom. The lowest BCUT2D eigenvalue weighted by molar-refractivity contribution is 0.418. The van der Waals surface area contributed by atoms with Crippen LogP contribution < -0.4 is 0 Å². The van der Waals surface area contributed by atoms with Crippen LogP contribution in [0.3, 0.4) is 0 Å². The second-order valence-electron chi connectivity index (χ2n) is 3.76. The molecule has 0 unspecified atom stereocenters. The van der Waals surface area contributed by atoms with Crippen LogP contribution in [0.4, 0.5) is 0 Å². The Labute approximate surface area is 92.0 Å². The molecule has 1 rings (SSSR count). The van der Waals surface area contributed by atoms with Crippen molar-refractivity contribution in [2.45, 2.75) is 45.4 Å². The van der Waals surface area contributed by atoms with Gasteiger partial charge in [0.2, 0.25) is 0 Å². The molecule has 0 aliphatic carbocycles. The minimum atomic E-state index is 1.17. The third-order valence-electron chi connectivity index (χ3n) is 2.32. The lowest BCUT2D eigenvalue weighted by atomic mass is 10.2. The third-order valence-corrected chi connectivity index (χ3v) is 2.88. The molecule has 1 saturated heterocycles. The van der Waals surface area contributed by atoms with Crippen LogP contribution in [0.2, 0.25) is 0 Å². The predicted octanol–water partition coefficient (Wildman–Crippen LogP) is 3.67. The number of hydrogen-bond acceptors (Lipinski definition) is 1. The van der Waals surface area contributed by atoms with Gasteiger partial charge in [-0.05, 0) is 39.4 Å². The van der Waals surface area contributed by atoms with Crippen molar-refractivity contribution >= 4 is 15.9 Å². The quantitative estimate of drug-likeness (QED) is 0.543. The molecule has 1 nitrogen and oxygen atoms in total. The van der Waals surface area contributed by atoms with Gasteiger partial charge in [0.25, 0.3) is 0 Å². The van der Waals surface area contributed by atoms with E-state index in [0.717, 1.165) is 0 Å². The molecule has 0 atom stereocenters. The predicted molar refractivity (Wildman–Crippen MR) is 64.7 cm³/mol. The highest BCUT2D eigenvalue weighted by molar-refractivity contribution is 9.09. The van der Waals surface area contributed by atoms with Gasteiger partial charge in [-0.2, -0.15) is 0 Å². The number of halogens is 1. The first-order chi connectivity index (χ1) is 6.31. The van der Waals surface area contributed by atoms with Crippen LogP contribution in [0, 0.1) is 0 Å². The van der Waals surface area contributed by atoms with Crippen molar-refractivity contribution < 1.29 is 0 Å². The molecule has 0 aromatic rings. The average molecular weight is 250 g/mol. The summed E-state index contributed by atoms with van der Waals surface area (Å²) in [7, 11) is 2.17. The first-order valence-corrected chi connectivity index (χ1v) is 6.68. The Hall–Kier alpha value is 0.440. The minimum Gasteiger partial charge on any atom is -0.306 e. The first kappa shape index (κ1) is 13.4. The van der Waals surface area contributed by atoms with E-state index in [1.54, 1.807) is 0 Å². The van der Waals surface area contributed by atoms with E-state index in [1.165, 1.54) is 56.9 Å². The molecule has 13 heavy (non-hydrogen) atoms. The van der Waals surface area contributed by atoms with Crippen molar-refractivity contribution in [2.75, 3.05) is 25.5 Å². The highest BCUT2D eigenvalue weighted by Gasteiger charge is 2.03. The van der Waals surface area contributed by atoms with E-state index in [-0.39, 0.29) is 0 Å². The summed E-state index contributed by atoms with van der Waals surface area (Å²) in [5.41, 5.74) is 0. The van der Waals surface area contributed by atoms with Gasteiger partial charge in [-0.25, -0.2) is 0 Å². The van der Waals surface area contributed by atoms with E-state index in [9.17, 15) is 0 Å². The molecule has 0 N–H and O–H groups in total. The van der Waals surface area contributed by atoms with Crippen LogP contribution in [0.5, 0.6) is 0 Å². The minimum absolute atomic E-state index is 1.17. The molecule has 0 bridgehead atoms. The lowest BCUT2D eigenvalue weighted by Gasteiger charge is -2.01. The van der Waals surface area contributed by atoms with Gasteiger partial charge < -0.3 is 4.90 Å². The maximum absolute atomic E-state index is 3.38. The van der Waals surface area contributed by atoms with E-state index in [4.69, 9.17) is 0 Å². The zero-order valence-electron chi connectivity index (χ0n) is 9.19. The highest BCUT2D eigenvalue weighted by Crippen LogP contribution is 2.02. The first-order valence-electron chi connectivity index (χ1n) is 5.55. The van der Waals surface area contributed by atoms with Crippen LogP contribution in [-0.4, -0.2) is 30.4 Å². The van der Waals surface area contributed by atoms with Gasteiger partial charge in [0.15, 0.2) is 0 Å². The molecule has 0 aromatic carbocycles. The summed E-state index contributed by atoms with van der Waals surface area (Å²) in [6.07, 6.45) is 8.29. The van der Waals surface area contributed by atoms with Crippen LogP contribution in [0.15, 0.2) is 0 Å². The molecule has 1 aliphatic rings. The monoisotopic (exact) mass is 249 g/mol. The summed E-state index contributed by atoms with van der Waals surface area (Å²) >= 11 is 3.38.